The van der Waals surface area contributed by atoms with Gasteiger partial charge in [0.15, 0.2) is 0 Å². The molecule has 1 amide bonds. The van der Waals surface area contributed by atoms with E-state index in [0.29, 0.717) is 17.7 Å². The number of hydrogen-bond donors (Lipinski definition) is 1. The maximum absolute atomic E-state index is 12.6. The molecule has 26 heavy (non-hydrogen) atoms. The summed E-state index contributed by atoms with van der Waals surface area (Å²) in [5.74, 6) is -0.306. The second kappa shape index (κ2) is 6.99. The van der Waals surface area contributed by atoms with Crippen LogP contribution in [0.4, 0.5) is 18.9 Å². The Balaban J connectivity index is 2.35. The van der Waals surface area contributed by atoms with Crippen LogP contribution in [0.2, 0.25) is 0 Å². The van der Waals surface area contributed by atoms with Crippen LogP contribution < -0.4 is 4.72 Å². The lowest BCUT2D eigenvalue weighted by atomic mass is 10.1. The van der Waals surface area contributed by atoms with E-state index in [4.69, 9.17) is 0 Å². The number of halogens is 3. The van der Waals surface area contributed by atoms with Crippen molar-refractivity contribution in [2.45, 2.75) is 18.0 Å². The van der Waals surface area contributed by atoms with Crippen molar-refractivity contribution in [3.05, 3.63) is 59.2 Å². The largest absolute Gasteiger partial charge is 0.416 e. The van der Waals surface area contributed by atoms with Crippen molar-refractivity contribution in [3.63, 3.8) is 0 Å². The number of nitrogens with one attached hydrogen (secondary N) is 1. The van der Waals surface area contributed by atoms with Crippen LogP contribution in [-0.2, 0) is 16.2 Å². The number of benzene rings is 2. The van der Waals surface area contributed by atoms with E-state index in [1.165, 1.54) is 11.0 Å². The molecule has 2 rings (SSSR count). The van der Waals surface area contributed by atoms with Crippen LogP contribution in [0.15, 0.2) is 47.4 Å². The Kier molecular flexibility index (Phi) is 5.31. The summed E-state index contributed by atoms with van der Waals surface area (Å²) in [7, 11) is -0.976. The zero-order valence-electron chi connectivity index (χ0n) is 14.3. The quantitative estimate of drug-likeness (QED) is 0.874. The molecule has 2 aromatic carbocycles. The van der Waals surface area contributed by atoms with Gasteiger partial charge in [-0.2, -0.15) is 13.2 Å². The lowest BCUT2D eigenvalue weighted by molar-refractivity contribution is -0.137. The molecule has 140 valence electrons. The SMILES string of the molecule is Cc1ccc(C(=O)N(C)C)cc1NS(=O)(=O)c1ccc(C(F)(F)F)cc1. The number of carbonyl (C=O) groups excluding carboxylic acids is 1. The van der Waals surface area contributed by atoms with E-state index in [1.807, 2.05) is 0 Å². The van der Waals surface area contributed by atoms with Crippen molar-refractivity contribution in [3.8, 4) is 0 Å². The van der Waals surface area contributed by atoms with Gasteiger partial charge in [0, 0.05) is 19.7 Å². The van der Waals surface area contributed by atoms with E-state index in [2.05, 4.69) is 4.72 Å². The van der Waals surface area contributed by atoms with E-state index in [1.54, 1.807) is 33.2 Å². The molecule has 0 aliphatic rings. The number of amides is 1. The Morgan fingerprint density at radius 3 is 2.12 bits per heavy atom. The number of alkyl halides is 3. The van der Waals surface area contributed by atoms with Crippen LogP contribution >= 0.6 is 0 Å². The first-order chi connectivity index (χ1) is 11.9. The standard InChI is InChI=1S/C17H17F3N2O3S/c1-11-4-5-12(16(23)22(2)3)10-15(11)21-26(24,25)14-8-6-13(7-9-14)17(18,19)20/h4-10,21H,1-3H3. The number of carbonyl (C=O) groups is 1. The number of anilines is 1. The molecule has 0 spiro atoms. The Morgan fingerprint density at radius 1 is 1.04 bits per heavy atom. The summed E-state index contributed by atoms with van der Waals surface area (Å²) >= 11 is 0. The molecule has 0 aromatic heterocycles. The normalized spacial score (nSPS) is 11.9. The fourth-order valence-electron chi connectivity index (χ4n) is 2.15. The van der Waals surface area contributed by atoms with Crippen molar-refractivity contribution < 1.29 is 26.4 Å². The lowest BCUT2D eigenvalue weighted by Crippen LogP contribution is -2.22. The van der Waals surface area contributed by atoms with E-state index in [0.717, 1.165) is 12.1 Å². The fourth-order valence-corrected chi connectivity index (χ4v) is 3.27. The predicted molar refractivity (Wildman–Crippen MR) is 91.4 cm³/mol. The zero-order chi connectivity index (χ0) is 19.7. The number of sulfonamides is 1. The van der Waals surface area contributed by atoms with Crippen LogP contribution in [0.3, 0.4) is 0 Å². The van der Waals surface area contributed by atoms with Gasteiger partial charge in [0.05, 0.1) is 16.1 Å². The molecule has 0 aliphatic heterocycles. The van der Waals surface area contributed by atoms with Gasteiger partial charge in [-0.25, -0.2) is 8.42 Å². The summed E-state index contributed by atoms with van der Waals surface area (Å²) < 4.78 is 65.0. The van der Waals surface area contributed by atoms with Gasteiger partial charge in [-0.1, -0.05) is 6.07 Å². The van der Waals surface area contributed by atoms with E-state index < -0.39 is 21.8 Å². The van der Waals surface area contributed by atoms with Crippen LogP contribution in [0.25, 0.3) is 0 Å². The average Bonchev–Trinajstić information content (AvgIpc) is 2.55. The highest BCUT2D eigenvalue weighted by molar-refractivity contribution is 7.92. The molecule has 9 heteroatoms. The molecule has 2 aromatic rings. The maximum Gasteiger partial charge on any atom is 0.416 e. The second-order valence-corrected chi connectivity index (χ2v) is 7.54. The number of aryl methyl sites for hydroxylation is 1. The van der Waals surface area contributed by atoms with Gasteiger partial charge in [0.1, 0.15) is 0 Å². The Bertz CT molecular complexity index is 921. The zero-order valence-corrected chi connectivity index (χ0v) is 15.1. The molecular formula is C17H17F3N2O3S. The molecule has 0 saturated carbocycles. The van der Waals surface area contributed by atoms with Crippen LogP contribution in [-0.4, -0.2) is 33.3 Å². The highest BCUT2D eigenvalue weighted by Gasteiger charge is 2.30. The summed E-state index contributed by atoms with van der Waals surface area (Å²) in [5, 5.41) is 0. The van der Waals surface area contributed by atoms with Crippen LogP contribution in [0.1, 0.15) is 21.5 Å². The summed E-state index contributed by atoms with van der Waals surface area (Å²) in [5.41, 5.74) is 0.0883. The monoisotopic (exact) mass is 386 g/mol. The first-order valence-corrected chi connectivity index (χ1v) is 8.92. The molecule has 0 saturated heterocycles. The van der Waals surface area contributed by atoms with Crippen LogP contribution in [0, 0.1) is 6.92 Å². The van der Waals surface area contributed by atoms with Gasteiger partial charge in [0.2, 0.25) is 0 Å². The van der Waals surface area contributed by atoms with Gasteiger partial charge in [-0.3, -0.25) is 9.52 Å². The molecule has 0 atom stereocenters. The summed E-state index contributed by atoms with van der Waals surface area (Å²) in [6.07, 6.45) is -4.55. The van der Waals surface area contributed by atoms with Crippen molar-refractivity contribution in [1.29, 1.82) is 0 Å². The van der Waals surface area contributed by atoms with Crippen molar-refractivity contribution in [2.24, 2.45) is 0 Å². The van der Waals surface area contributed by atoms with E-state index in [-0.39, 0.29) is 22.1 Å². The minimum atomic E-state index is -4.55. The smallest absolute Gasteiger partial charge is 0.345 e. The Morgan fingerprint density at radius 2 is 1.62 bits per heavy atom. The predicted octanol–water partition coefficient (Wildman–Crippen LogP) is 3.52. The maximum atomic E-state index is 12.6. The number of rotatable bonds is 4. The molecule has 1 N–H and O–H groups in total. The van der Waals surface area contributed by atoms with Gasteiger partial charge in [-0.05, 0) is 48.9 Å². The molecule has 0 aliphatic carbocycles. The first kappa shape index (κ1) is 19.8. The minimum Gasteiger partial charge on any atom is -0.345 e. The third kappa shape index (κ3) is 4.34. The van der Waals surface area contributed by atoms with Crippen molar-refractivity contribution in [1.82, 2.24) is 4.90 Å². The van der Waals surface area contributed by atoms with Gasteiger partial charge < -0.3 is 4.90 Å². The molecule has 0 bridgehead atoms. The molecular weight excluding hydrogens is 369 g/mol. The summed E-state index contributed by atoms with van der Waals surface area (Å²) in [6.45, 7) is 1.65. The summed E-state index contributed by atoms with van der Waals surface area (Å²) in [6, 6.07) is 7.71. The van der Waals surface area contributed by atoms with Crippen molar-refractivity contribution >= 4 is 21.6 Å². The Hall–Kier alpha value is -2.55. The molecule has 0 heterocycles. The van der Waals surface area contributed by atoms with Crippen LogP contribution in [0.5, 0.6) is 0 Å². The molecule has 5 nitrogen and oxygen atoms in total. The topological polar surface area (TPSA) is 66.5 Å². The Labute approximate surface area is 149 Å². The van der Waals surface area contributed by atoms with E-state index in [9.17, 15) is 26.4 Å². The number of hydrogen-bond acceptors (Lipinski definition) is 3. The van der Waals surface area contributed by atoms with E-state index >= 15 is 0 Å². The molecule has 0 fully saturated rings. The van der Waals surface area contributed by atoms with Crippen molar-refractivity contribution in [2.75, 3.05) is 18.8 Å². The third-order valence-electron chi connectivity index (χ3n) is 3.63. The van der Waals surface area contributed by atoms with Gasteiger partial charge in [-0.15, -0.1) is 0 Å². The minimum absolute atomic E-state index is 0.178. The molecule has 0 unspecified atom stereocenters. The fraction of sp³-hybridized carbons (Fsp3) is 0.235. The molecule has 0 radical (unpaired) electrons. The summed E-state index contributed by atoms with van der Waals surface area (Å²) in [4.78, 5) is 13.1. The number of nitrogens with zero attached hydrogens (tertiary/aromatic N) is 1. The van der Waals surface area contributed by atoms with Gasteiger partial charge in [0.25, 0.3) is 15.9 Å². The highest BCUT2D eigenvalue weighted by atomic mass is 32.2. The highest BCUT2D eigenvalue weighted by Crippen LogP contribution is 2.30. The van der Waals surface area contributed by atoms with Gasteiger partial charge >= 0.3 is 6.18 Å². The lowest BCUT2D eigenvalue weighted by Gasteiger charge is -2.15. The first-order valence-electron chi connectivity index (χ1n) is 7.44. The second-order valence-electron chi connectivity index (χ2n) is 5.86. The third-order valence-corrected chi connectivity index (χ3v) is 5.01. The average molecular weight is 386 g/mol.